The third-order valence-electron chi connectivity index (χ3n) is 4.54. The molecule has 0 unspecified atom stereocenters. The van der Waals surface area contributed by atoms with Gasteiger partial charge in [0.1, 0.15) is 0 Å². The molecule has 0 saturated carbocycles. The van der Waals surface area contributed by atoms with Crippen LogP contribution in [0.2, 0.25) is 0 Å². The van der Waals surface area contributed by atoms with Gasteiger partial charge in [0.25, 0.3) is 5.91 Å². The van der Waals surface area contributed by atoms with Crippen LogP contribution >= 0.6 is 0 Å². The molecule has 2 amide bonds. The summed E-state index contributed by atoms with van der Waals surface area (Å²) in [6, 6.07) is 17.6. The molecule has 26 heavy (non-hydrogen) atoms. The summed E-state index contributed by atoms with van der Waals surface area (Å²) in [5.41, 5.74) is 2.78. The number of carbonyl (C=O) groups excluding carboxylic acids is 2. The average Bonchev–Trinajstić information content (AvgIpc) is 2.66. The predicted octanol–water partition coefficient (Wildman–Crippen LogP) is 3.94. The van der Waals surface area contributed by atoms with Crippen LogP contribution in [0.1, 0.15) is 48.2 Å². The monoisotopic (exact) mass is 352 g/mol. The lowest BCUT2D eigenvalue weighted by Crippen LogP contribution is -2.39. The lowest BCUT2D eigenvalue weighted by molar-refractivity contribution is -0.133. The van der Waals surface area contributed by atoms with E-state index in [0.717, 1.165) is 17.5 Å². The average molecular weight is 352 g/mol. The fourth-order valence-corrected chi connectivity index (χ4v) is 2.81. The molecular weight excluding hydrogens is 324 g/mol. The highest BCUT2D eigenvalue weighted by atomic mass is 16.2. The highest BCUT2D eigenvalue weighted by Crippen LogP contribution is 2.12. The summed E-state index contributed by atoms with van der Waals surface area (Å²) >= 11 is 0. The number of benzene rings is 2. The molecule has 0 aliphatic carbocycles. The van der Waals surface area contributed by atoms with Crippen LogP contribution in [-0.2, 0) is 11.3 Å². The number of hydrogen-bond donors (Lipinski definition) is 1. The smallest absolute Gasteiger partial charge is 0.251 e. The van der Waals surface area contributed by atoms with E-state index in [1.165, 1.54) is 0 Å². The molecule has 4 nitrogen and oxygen atoms in total. The van der Waals surface area contributed by atoms with Crippen LogP contribution in [0.25, 0.3) is 0 Å². The molecule has 0 aliphatic heterocycles. The predicted molar refractivity (Wildman–Crippen MR) is 105 cm³/mol. The number of rotatable bonds is 8. The number of nitrogens with one attached hydrogen (secondary N) is 1. The molecule has 2 aromatic rings. The third-order valence-corrected chi connectivity index (χ3v) is 4.54. The van der Waals surface area contributed by atoms with Crippen LogP contribution in [0, 0.1) is 6.92 Å². The fraction of sp³-hybridized carbons (Fsp3) is 0.364. The first-order valence-electron chi connectivity index (χ1n) is 9.19. The van der Waals surface area contributed by atoms with Gasteiger partial charge < -0.3 is 10.2 Å². The van der Waals surface area contributed by atoms with Gasteiger partial charge >= 0.3 is 0 Å². The summed E-state index contributed by atoms with van der Waals surface area (Å²) in [7, 11) is 0. The van der Waals surface area contributed by atoms with Crippen molar-refractivity contribution in [3.8, 4) is 0 Å². The molecule has 0 fully saturated rings. The number of amides is 2. The molecule has 0 saturated heterocycles. The van der Waals surface area contributed by atoms with Crippen molar-refractivity contribution in [1.82, 2.24) is 10.2 Å². The zero-order valence-corrected chi connectivity index (χ0v) is 15.9. The van der Waals surface area contributed by atoms with Gasteiger partial charge in [0, 0.05) is 31.1 Å². The Balaban J connectivity index is 1.91. The molecule has 0 bridgehead atoms. The standard InChI is InChI=1S/C22H28N2O2/c1-4-18(3)24(16-19-10-6-5-7-11-19)21(25)13-14-23-22(26)20-12-8-9-17(2)15-20/h5-12,15,18H,4,13-14,16H2,1-3H3,(H,23,26)/t18-/m0/s1. The Morgan fingerprint density at radius 3 is 2.46 bits per heavy atom. The second-order valence-electron chi connectivity index (χ2n) is 6.64. The van der Waals surface area contributed by atoms with Crippen molar-refractivity contribution < 1.29 is 9.59 Å². The second kappa shape index (κ2) is 9.76. The summed E-state index contributed by atoms with van der Waals surface area (Å²) in [6.45, 7) is 7.03. The molecular formula is C22H28N2O2. The molecule has 1 N–H and O–H groups in total. The SMILES string of the molecule is CC[C@H](C)N(Cc1ccccc1)C(=O)CCNC(=O)c1cccc(C)c1. The number of aryl methyl sites for hydroxylation is 1. The molecule has 2 aromatic carbocycles. The van der Waals surface area contributed by atoms with E-state index in [-0.39, 0.29) is 17.9 Å². The Morgan fingerprint density at radius 1 is 1.08 bits per heavy atom. The molecule has 4 heteroatoms. The van der Waals surface area contributed by atoms with E-state index in [4.69, 9.17) is 0 Å². The van der Waals surface area contributed by atoms with Crippen LogP contribution in [0.3, 0.4) is 0 Å². The van der Waals surface area contributed by atoms with Gasteiger partial charge in [0.05, 0.1) is 0 Å². The van der Waals surface area contributed by atoms with Gasteiger partial charge in [0.15, 0.2) is 0 Å². The molecule has 2 rings (SSSR count). The molecule has 0 aromatic heterocycles. The molecule has 0 spiro atoms. The van der Waals surface area contributed by atoms with E-state index < -0.39 is 0 Å². The molecule has 138 valence electrons. The lowest BCUT2D eigenvalue weighted by atomic mass is 10.1. The Kier molecular flexibility index (Phi) is 7.39. The minimum absolute atomic E-state index is 0.0627. The van der Waals surface area contributed by atoms with Crippen LogP contribution < -0.4 is 5.32 Å². The molecule has 1 atom stereocenters. The normalized spacial score (nSPS) is 11.7. The van der Waals surface area contributed by atoms with Gasteiger partial charge in [0.2, 0.25) is 5.91 Å². The molecule has 0 aliphatic rings. The topological polar surface area (TPSA) is 49.4 Å². The van der Waals surface area contributed by atoms with Gasteiger partial charge in [-0.1, -0.05) is 55.0 Å². The van der Waals surface area contributed by atoms with Crippen LogP contribution in [-0.4, -0.2) is 29.3 Å². The quantitative estimate of drug-likeness (QED) is 0.782. The van der Waals surface area contributed by atoms with Crippen LogP contribution in [0.4, 0.5) is 0 Å². The Bertz CT molecular complexity index is 728. The van der Waals surface area contributed by atoms with Crippen LogP contribution in [0.15, 0.2) is 54.6 Å². The fourth-order valence-electron chi connectivity index (χ4n) is 2.81. The zero-order chi connectivity index (χ0) is 18.9. The third kappa shape index (κ3) is 5.73. The highest BCUT2D eigenvalue weighted by Gasteiger charge is 2.19. The van der Waals surface area contributed by atoms with Gasteiger partial charge in [-0.2, -0.15) is 0 Å². The highest BCUT2D eigenvalue weighted by molar-refractivity contribution is 5.94. The van der Waals surface area contributed by atoms with E-state index in [1.54, 1.807) is 6.07 Å². The van der Waals surface area contributed by atoms with Crippen molar-refractivity contribution in [1.29, 1.82) is 0 Å². The maximum Gasteiger partial charge on any atom is 0.251 e. The Labute approximate surface area is 156 Å². The van der Waals surface area contributed by atoms with Gasteiger partial charge in [-0.05, 0) is 38.0 Å². The van der Waals surface area contributed by atoms with E-state index >= 15 is 0 Å². The van der Waals surface area contributed by atoms with Crippen molar-refractivity contribution in [3.63, 3.8) is 0 Å². The van der Waals surface area contributed by atoms with Crippen molar-refractivity contribution in [3.05, 3.63) is 71.3 Å². The van der Waals surface area contributed by atoms with E-state index in [2.05, 4.69) is 19.2 Å². The number of carbonyl (C=O) groups is 2. The lowest BCUT2D eigenvalue weighted by Gasteiger charge is -2.29. The van der Waals surface area contributed by atoms with Crippen molar-refractivity contribution in [2.45, 2.75) is 46.2 Å². The van der Waals surface area contributed by atoms with Crippen LogP contribution in [0.5, 0.6) is 0 Å². The first-order valence-corrected chi connectivity index (χ1v) is 9.19. The number of hydrogen-bond acceptors (Lipinski definition) is 2. The minimum Gasteiger partial charge on any atom is -0.352 e. The maximum absolute atomic E-state index is 12.7. The van der Waals surface area contributed by atoms with Crippen molar-refractivity contribution in [2.24, 2.45) is 0 Å². The zero-order valence-electron chi connectivity index (χ0n) is 15.9. The molecule has 0 heterocycles. The van der Waals surface area contributed by atoms with E-state index in [0.29, 0.717) is 25.1 Å². The van der Waals surface area contributed by atoms with Gasteiger partial charge in [-0.15, -0.1) is 0 Å². The Morgan fingerprint density at radius 2 is 1.81 bits per heavy atom. The van der Waals surface area contributed by atoms with Gasteiger partial charge in [-0.25, -0.2) is 0 Å². The first kappa shape index (κ1) is 19.7. The Hall–Kier alpha value is -2.62. The first-order chi connectivity index (χ1) is 12.5. The summed E-state index contributed by atoms with van der Waals surface area (Å²) in [6.07, 6.45) is 1.20. The summed E-state index contributed by atoms with van der Waals surface area (Å²) < 4.78 is 0. The largest absolute Gasteiger partial charge is 0.352 e. The minimum atomic E-state index is -0.139. The summed E-state index contributed by atoms with van der Waals surface area (Å²) in [4.78, 5) is 26.8. The maximum atomic E-state index is 12.7. The number of nitrogens with zero attached hydrogens (tertiary/aromatic N) is 1. The summed E-state index contributed by atoms with van der Waals surface area (Å²) in [5, 5.41) is 2.85. The van der Waals surface area contributed by atoms with E-state index in [9.17, 15) is 9.59 Å². The van der Waals surface area contributed by atoms with Crippen molar-refractivity contribution in [2.75, 3.05) is 6.54 Å². The summed E-state index contributed by atoms with van der Waals surface area (Å²) in [5.74, 6) is -0.0765. The second-order valence-corrected chi connectivity index (χ2v) is 6.64. The van der Waals surface area contributed by atoms with Crippen molar-refractivity contribution >= 4 is 11.8 Å². The van der Waals surface area contributed by atoms with E-state index in [1.807, 2.05) is 60.4 Å². The molecule has 0 radical (unpaired) electrons. The van der Waals surface area contributed by atoms with Gasteiger partial charge in [-0.3, -0.25) is 9.59 Å².